The number of likely N-dealkylation sites (tertiary alicyclic amines) is 1. The minimum absolute atomic E-state index is 0.0151. The number of hydrogen-bond donors (Lipinski definition) is 3. The van der Waals surface area contributed by atoms with Crippen molar-refractivity contribution in [1.82, 2.24) is 29.9 Å². The number of alkyl halides is 1. The van der Waals surface area contributed by atoms with Crippen LogP contribution in [0.2, 0.25) is 0 Å². The Hall–Kier alpha value is -4.45. The van der Waals surface area contributed by atoms with Gasteiger partial charge >= 0.3 is 0 Å². The molecule has 11 nitrogen and oxygen atoms in total. The number of amides is 2. The topological polar surface area (TPSA) is 152 Å². The van der Waals surface area contributed by atoms with E-state index < -0.39 is 30.3 Å². The van der Waals surface area contributed by atoms with E-state index in [-0.39, 0.29) is 25.2 Å². The number of aliphatic hydroxyl groups excluding tert-OH is 1. The molecule has 0 saturated carbocycles. The second-order valence-electron chi connectivity index (χ2n) is 8.51. The molecule has 36 heavy (non-hydrogen) atoms. The van der Waals surface area contributed by atoms with E-state index in [1.165, 1.54) is 15.8 Å². The van der Waals surface area contributed by atoms with Gasteiger partial charge in [-0.2, -0.15) is 15.3 Å². The van der Waals surface area contributed by atoms with Gasteiger partial charge in [0.1, 0.15) is 18.9 Å². The minimum Gasteiger partial charge on any atom is -0.372 e. The smallest absolute Gasteiger partial charge is 0.269 e. The summed E-state index contributed by atoms with van der Waals surface area (Å²) in [6, 6.07) is 9.68. The van der Waals surface area contributed by atoms with Gasteiger partial charge in [0.2, 0.25) is 5.91 Å². The summed E-state index contributed by atoms with van der Waals surface area (Å²) < 4.78 is 15.7. The van der Waals surface area contributed by atoms with Crippen molar-refractivity contribution in [1.29, 1.82) is 0 Å². The molecule has 0 bridgehead atoms. The maximum Gasteiger partial charge on any atom is 0.269 e. The van der Waals surface area contributed by atoms with Crippen molar-refractivity contribution in [2.45, 2.75) is 31.4 Å². The molecule has 0 radical (unpaired) electrons. The third-order valence-electron chi connectivity index (χ3n) is 6.14. The van der Waals surface area contributed by atoms with Crippen LogP contribution in [0.4, 0.5) is 10.1 Å². The average molecular weight is 490 g/mol. The molecule has 4 heterocycles. The standard InChI is InChI=1S/C24H23FN8O3/c25-16-9-20(24(36)30-17-2-1-6-27-11-17)32(12-16)21(34)13-33-19-4-3-14(15-5-7-28-29-10-15)8-18(19)22(31-33)23(26)35/h1-8,10-11,16,20,24,30,36H,9,12-13H2,(H2,26,35). The Morgan fingerprint density at radius 1 is 1.17 bits per heavy atom. The van der Waals surface area contributed by atoms with E-state index in [1.807, 2.05) is 6.07 Å². The van der Waals surface area contributed by atoms with Gasteiger partial charge in [0.25, 0.3) is 5.91 Å². The highest BCUT2D eigenvalue weighted by Crippen LogP contribution is 2.28. The normalized spacial score (nSPS) is 18.3. The maximum absolute atomic E-state index is 14.4. The van der Waals surface area contributed by atoms with Crippen molar-refractivity contribution < 1.29 is 19.1 Å². The van der Waals surface area contributed by atoms with E-state index in [0.29, 0.717) is 16.6 Å². The minimum atomic E-state index is -1.28. The zero-order chi connectivity index (χ0) is 25.2. The highest BCUT2D eigenvalue weighted by Gasteiger charge is 2.40. The molecule has 3 unspecified atom stereocenters. The lowest BCUT2D eigenvalue weighted by atomic mass is 10.0. The van der Waals surface area contributed by atoms with Gasteiger partial charge in [-0.05, 0) is 35.9 Å². The number of hydrogen-bond acceptors (Lipinski definition) is 8. The second kappa shape index (κ2) is 9.66. The summed E-state index contributed by atoms with van der Waals surface area (Å²) in [4.78, 5) is 30.6. The van der Waals surface area contributed by atoms with E-state index in [4.69, 9.17) is 5.73 Å². The van der Waals surface area contributed by atoms with Crippen molar-refractivity contribution >= 4 is 28.4 Å². The number of rotatable bonds is 7. The second-order valence-corrected chi connectivity index (χ2v) is 8.51. The number of carbonyl (C=O) groups is 2. The Balaban J connectivity index is 1.41. The lowest BCUT2D eigenvalue weighted by Gasteiger charge is -2.29. The molecule has 0 spiro atoms. The number of anilines is 1. The van der Waals surface area contributed by atoms with Gasteiger partial charge in [-0.15, -0.1) is 0 Å². The Labute approximate surface area is 204 Å². The zero-order valence-corrected chi connectivity index (χ0v) is 19.0. The highest BCUT2D eigenvalue weighted by atomic mass is 19.1. The molecule has 2 amide bonds. The lowest BCUT2D eigenvalue weighted by Crippen LogP contribution is -2.47. The number of fused-ring (bicyclic) bond motifs is 1. The lowest BCUT2D eigenvalue weighted by molar-refractivity contribution is -0.134. The molecule has 3 atom stereocenters. The third-order valence-corrected chi connectivity index (χ3v) is 6.14. The fourth-order valence-corrected chi connectivity index (χ4v) is 4.46. The fourth-order valence-electron chi connectivity index (χ4n) is 4.46. The fraction of sp³-hybridized carbons (Fsp3) is 0.250. The van der Waals surface area contributed by atoms with E-state index in [2.05, 4.69) is 25.6 Å². The van der Waals surface area contributed by atoms with Gasteiger partial charge in [0, 0.05) is 29.8 Å². The van der Waals surface area contributed by atoms with Crippen molar-refractivity contribution in [2.75, 3.05) is 11.9 Å². The largest absolute Gasteiger partial charge is 0.372 e. The van der Waals surface area contributed by atoms with Crippen LogP contribution in [-0.2, 0) is 11.3 Å². The number of carbonyl (C=O) groups excluding carboxylic acids is 2. The van der Waals surface area contributed by atoms with Crippen molar-refractivity contribution in [3.05, 3.63) is 66.9 Å². The Kier molecular flexibility index (Phi) is 6.25. The molecule has 1 fully saturated rings. The number of halogens is 1. The molecule has 0 aliphatic carbocycles. The summed E-state index contributed by atoms with van der Waals surface area (Å²) in [6.07, 6.45) is 3.75. The number of nitrogens with zero attached hydrogens (tertiary/aromatic N) is 6. The summed E-state index contributed by atoms with van der Waals surface area (Å²) >= 11 is 0. The first kappa shape index (κ1) is 23.3. The number of aromatic nitrogens is 5. The van der Waals surface area contributed by atoms with Gasteiger partial charge in [0.05, 0.1) is 36.2 Å². The van der Waals surface area contributed by atoms with Crippen LogP contribution in [0.15, 0.2) is 61.2 Å². The highest BCUT2D eigenvalue weighted by molar-refractivity contribution is 6.05. The summed E-state index contributed by atoms with van der Waals surface area (Å²) in [5.74, 6) is -1.19. The monoisotopic (exact) mass is 490 g/mol. The average Bonchev–Trinajstić information content (AvgIpc) is 3.46. The number of primary amides is 1. The maximum atomic E-state index is 14.4. The summed E-state index contributed by atoms with van der Waals surface area (Å²) in [5, 5.41) is 26.0. The molecule has 4 N–H and O–H groups in total. The molecule has 3 aromatic heterocycles. The number of benzene rings is 1. The Morgan fingerprint density at radius 2 is 2.03 bits per heavy atom. The third kappa shape index (κ3) is 4.58. The van der Waals surface area contributed by atoms with Gasteiger partial charge in [0.15, 0.2) is 5.69 Å². The van der Waals surface area contributed by atoms with Crippen LogP contribution in [0, 0.1) is 0 Å². The van der Waals surface area contributed by atoms with Gasteiger partial charge in [-0.3, -0.25) is 19.3 Å². The summed E-state index contributed by atoms with van der Waals surface area (Å²) in [5.41, 5.74) is 8.20. The molecule has 4 aromatic rings. The quantitative estimate of drug-likeness (QED) is 0.328. The van der Waals surface area contributed by atoms with Gasteiger partial charge in [-0.25, -0.2) is 4.39 Å². The first-order chi connectivity index (χ1) is 17.4. The molecule has 1 aromatic carbocycles. The van der Waals surface area contributed by atoms with E-state index in [0.717, 1.165) is 11.1 Å². The molecule has 184 valence electrons. The van der Waals surface area contributed by atoms with Gasteiger partial charge in [-0.1, -0.05) is 6.07 Å². The van der Waals surface area contributed by atoms with Crippen LogP contribution in [0.5, 0.6) is 0 Å². The number of nitrogens with two attached hydrogens (primary N) is 1. The molecular formula is C24H23FN8O3. The predicted octanol–water partition coefficient (Wildman–Crippen LogP) is 1.36. The van der Waals surface area contributed by atoms with Crippen molar-refractivity contribution in [3.63, 3.8) is 0 Å². The molecule has 12 heteroatoms. The first-order valence-electron chi connectivity index (χ1n) is 11.3. The van der Waals surface area contributed by atoms with Crippen LogP contribution in [0.25, 0.3) is 22.0 Å². The number of aliphatic hydroxyl groups is 1. The number of nitrogens with one attached hydrogen (secondary N) is 1. The predicted molar refractivity (Wildman–Crippen MR) is 128 cm³/mol. The van der Waals surface area contributed by atoms with Crippen LogP contribution in [-0.4, -0.2) is 71.8 Å². The Bertz CT molecular complexity index is 1400. The summed E-state index contributed by atoms with van der Waals surface area (Å²) in [7, 11) is 0. The molecule has 1 saturated heterocycles. The van der Waals surface area contributed by atoms with E-state index in [9.17, 15) is 19.1 Å². The Morgan fingerprint density at radius 3 is 2.75 bits per heavy atom. The molecule has 1 aliphatic rings. The van der Waals surface area contributed by atoms with E-state index in [1.54, 1.807) is 48.9 Å². The van der Waals surface area contributed by atoms with Crippen molar-refractivity contribution in [2.24, 2.45) is 5.73 Å². The van der Waals surface area contributed by atoms with E-state index >= 15 is 0 Å². The van der Waals surface area contributed by atoms with Crippen LogP contribution < -0.4 is 11.1 Å². The number of pyridine rings is 1. The summed E-state index contributed by atoms with van der Waals surface area (Å²) in [6.45, 7) is -0.418. The SMILES string of the molecule is NC(=O)c1nn(CC(=O)N2CC(F)CC2C(O)Nc2cccnc2)c2ccc(-c3ccnnc3)cc12. The van der Waals surface area contributed by atoms with Crippen LogP contribution >= 0.6 is 0 Å². The molecule has 1 aliphatic heterocycles. The molecule has 5 rings (SSSR count). The van der Waals surface area contributed by atoms with Crippen LogP contribution in [0.3, 0.4) is 0 Å². The van der Waals surface area contributed by atoms with Crippen molar-refractivity contribution in [3.8, 4) is 11.1 Å². The first-order valence-corrected chi connectivity index (χ1v) is 11.3. The van der Waals surface area contributed by atoms with Gasteiger partial charge < -0.3 is 21.1 Å². The molecular weight excluding hydrogens is 467 g/mol. The zero-order valence-electron chi connectivity index (χ0n) is 19.0. The van der Waals surface area contributed by atoms with Crippen LogP contribution in [0.1, 0.15) is 16.9 Å².